The number of hydrogen-bond donors (Lipinski definition) is 3. The molecule has 0 aliphatic carbocycles. The molecule has 0 unspecified atom stereocenters. The quantitative estimate of drug-likeness (QED) is 0.450. The number of carbonyl (C=O) groups excluding carboxylic acids is 1. The Bertz CT molecular complexity index is 567. The summed E-state index contributed by atoms with van der Waals surface area (Å²) in [6.45, 7) is -0.0911. The standard InChI is InChI=1S/C14H18N2O7/c1-16(7-15-12(17)11(13(18)19)14(20)21)8-4-9(22-2)6-10(5-8)23-3/h4-6,11H,7H2,1-3H3,(H,15,17)(H,18,19)(H,20,21). The van der Waals surface area contributed by atoms with Crippen molar-refractivity contribution in [3.8, 4) is 11.5 Å². The van der Waals surface area contributed by atoms with E-state index >= 15 is 0 Å². The summed E-state index contributed by atoms with van der Waals surface area (Å²) in [6, 6.07) is 5.03. The third kappa shape index (κ3) is 4.77. The van der Waals surface area contributed by atoms with Gasteiger partial charge >= 0.3 is 11.9 Å². The molecule has 3 N–H and O–H groups in total. The summed E-state index contributed by atoms with van der Waals surface area (Å²) in [5, 5.41) is 19.8. The van der Waals surface area contributed by atoms with Crippen molar-refractivity contribution >= 4 is 23.5 Å². The molecule has 126 valence electrons. The zero-order chi connectivity index (χ0) is 17.6. The number of rotatable bonds is 8. The lowest BCUT2D eigenvalue weighted by molar-refractivity contribution is -0.158. The van der Waals surface area contributed by atoms with Crippen LogP contribution in [-0.2, 0) is 14.4 Å². The highest BCUT2D eigenvalue weighted by Crippen LogP contribution is 2.27. The van der Waals surface area contributed by atoms with Gasteiger partial charge in [-0.25, -0.2) is 0 Å². The van der Waals surface area contributed by atoms with Crippen molar-refractivity contribution in [3.05, 3.63) is 18.2 Å². The molecule has 1 amide bonds. The summed E-state index contributed by atoms with van der Waals surface area (Å²) in [5.41, 5.74) is 0.628. The molecule has 1 aromatic rings. The second-order valence-corrected chi connectivity index (χ2v) is 4.58. The largest absolute Gasteiger partial charge is 0.497 e. The van der Waals surface area contributed by atoms with E-state index in [1.165, 1.54) is 14.2 Å². The molecule has 1 rings (SSSR count). The van der Waals surface area contributed by atoms with Crippen LogP contribution in [-0.4, -0.2) is 56.0 Å². The molecule has 0 spiro atoms. The maximum Gasteiger partial charge on any atom is 0.327 e. The molecule has 0 fully saturated rings. The van der Waals surface area contributed by atoms with Crippen molar-refractivity contribution < 1.29 is 34.1 Å². The van der Waals surface area contributed by atoms with Crippen molar-refractivity contribution in [1.29, 1.82) is 0 Å². The predicted octanol–water partition coefficient (Wildman–Crippen LogP) is -0.000900. The van der Waals surface area contributed by atoms with Gasteiger partial charge in [-0.05, 0) is 0 Å². The van der Waals surface area contributed by atoms with Crippen LogP contribution in [0.25, 0.3) is 0 Å². The predicted molar refractivity (Wildman–Crippen MR) is 79.7 cm³/mol. The minimum Gasteiger partial charge on any atom is -0.497 e. The van der Waals surface area contributed by atoms with Crippen LogP contribution in [0.15, 0.2) is 18.2 Å². The van der Waals surface area contributed by atoms with E-state index in [2.05, 4.69) is 5.32 Å². The monoisotopic (exact) mass is 326 g/mol. The minimum absolute atomic E-state index is 0.0911. The number of ether oxygens (including phenoxy) is 2. The fraction of sp³-hybridized carbons (Fsp3) is 0.357. The number of carboxylic acids is 2. The second kappa shape index (κ2) is 7.87. The van der Waals surface area contributed by atoms with Crippen LogP contribution in [0.4, 0.5) is 5.69 Å². The second-order valence-electron chi connectivity index (χ2n) is 4.58. The fourth-order valence-corrected chi connectivity index (χ4v) is 1.73. The van der Waals surface area contributed by atoms with Crippen molar-refractivity contribution in [1.82, 2.24) is 5.32 Å². The third-order valence-corrected chi connectivity index (χ3v) is 3.02. The molecule has 0 bridgehead atoms. The van der Waals surface area contributed by atoms with Gasteiger partial charge in [-0.1, -0.05) is 0 Å². The molecule has 23 heavy (non-hydrogen) atoms. The van der Waals surface area contributed by atoms with E-state index in [1.54, 1.807) is 30.1 Å². The Kier molecular flexibility index (Phi) is 6.19. The van der Waals surface area contributed by atoms with E-state index in [0.29, 0.717) is 17.2 Å². The van der Waals surface area contributed by atoms with Crippen molar-refractivity contribution in [2.75, 3.05) is 32.8 Å². The zero-order valence-electron chi connectivity index (χ0n) is 12.9. The normalized spacial score (nSPS) is 10.1. The van der Waals surface area contributed by atoms with Gasteiger partial charge in [-0.15, -0.1) is 0 Å². The number of carbonyl (C=O) groups is 3. The lowest BCUT2D eigenvalue weighted by Crippen LogP contribution is -2.44. The zero-order valence-corrected chi connectivity index (χ0v) is 12.9. The Labute approximate surface area is 132 Å². The molecule has 0 heterocycles. The van der Waals surface area contributed by atoms with E-state index in [-0.39, 0.29) is 6.67 Å². The van der Waals surface area contributed by atoms with E-state index in [9.17, 15) is 14.4 Å². The average Bonchev–Trinajstić information content (AvgIpc) is 2.51. The van der Waals surface area contributed by atoms with Crippen LogP contribution in [0.1, 0.15) is 0 Å². The highest BCUT2D eigenvalue weighted by molar-refractivity contribution is 6.13. The summed E-state index contributed by atoms with van der Waals surface area (Å²) in [5.74, 6) is -5.63. The molecular formula is C14H18N2O7. The summed E-state index contributed by atoms with van der Waals surface area (Å²) in [7, 11) is 4.61. The molecule has 0 radical (unpaired) electrons. The minimum atomic E-state index is -2.15. The van der Waals surface area contributed by atoms with E-state index in [0.717, 1.165) is 0 Å². The molecular weight excluding hydrogens is 308 g/mol. The first-order valence-electron chi connectivity index (χ1n) is 6.47. The first-order chi connectivity index (χ1) is 10.8. The number of amides is 1. The number of methoxy groups -OCH3 is 2. The topological polar surface area (TPSA) is 125 Å². The number of nitrogens with zero attached hydrogens (tertiary/aromatic N) is 1. The van der Waals surface area contributed by atoms with Gasteiger partial charge in [0.2, 0.25) is 11.8 Å². The average molecular weight is 326 g/mol. The molecule has 1 aromatic carbocycles. The van der Waals surface area contributed by atoms with Crippen LogP contribution in [0.3, 0.4) is 0 Å². The number of hydrogen-bond acceptors (Lipinski definition) is 6. The number of nitrogens with one attached hydrogen (secondary N) is 1. The van der Waals surface area contributed by atoms with Gasteiger partial charge in [-0.2, -0.15) is 0 Å². The summed E-state index contributed by atoms with van der Waals surface area (Å²) in [6.07, 6.45) is 0. The van der Waals surface area contributed by atoms with Gasteiger partial charge in [0.15, 0.2) is 0 Å². The Balaban J connectivity index is 2.80. The highest BCUT2D eigenvalue weighted by Gasteiger charge is 2.33. The van der Waals surface area contributed by atoms with Crippen LogP contribution in [0.5, 0.6) is 11.5 Å². The Morgan fingerprint density at radius 1 is 1.09 bits per heavy atom. The fourth-order valence-electron chi connectivity index (χ4n) is 1.73. The van der Waals surface area contributed by atoms with Gasteiger partial charge in [-0.3, -0.25) is 14.4 Å². The van der Waals surface area contributed by atoms with Gasteiger partial charge < -0.3 is 29.9 Å². The van der Waals surface area contributed by atoms with Crippen LogP contribution in [0, 0.1) is 5.92 Å². The lowest BCUT2D eigenvalue weighted by Gasteiger charge is -2.21. The molecule has 9 nitrogen and oxygen atoms in total. The highest BCUT2D eigenvalue weighted by atomic mass is 16.5. The summed E-state index contributed by atoms with van der Waals surface area (Å²) >= 11 is 0. The van der Waals surface area contributed by atoms with Gasteiger partial charge in [0, 0.05) is 30.9 Å². The molecule has 0 aliphatic rings. The van der Waals surface area contributed by atoms with Crippen molar-refractivity contribution in [2.24, 2.45) is 5.92 Å². The van der Waals surface area contributed by atoms with Crippen molar-refractivity contribution in [2.45, 2.75) is 0 Å². The number of anilines is 1. The third-order valence-electron chi connectivity index (χ3n) is 3.02. The molecule has 0 saturated heterocycles. The SMILES string of the molecule is COc1cc(OC)cc(N(C)CNC(=O)C(C(=O)O)C(=O)O)c1. The molecule has 0 aromatic heterocycles. The van der Waals surface area contributed by atoms with Crippen LogP contribution < -0.4 is 19.7 Å². The van der Waals surface area contributed by atoms with E-state index < -0.39 is 23.8 Å². The van der Waals surface area contributed by atoms with E-state index in [1.807, 2.05) is 0 Å². The maximum atomic E-state index is 11.7. The lowest BCUT2D eigenvalue weighted by atomic mass is 10.1. The first-order valence-corrected chi connectivity index (χ1v) is 6.47. The summed E-state index contributed by atoms with van der Waals surface area (Å²) in [4.78, 5) is 34.8. The Morgan fingerprint density at radius 3 is 1.96 bits per heavy atom. The molecule has 0 atom stereocenters. The van der Waals surface area contributed by atoms with Crippen LogP contribution >= 0.6 is 0 Å². The number of benzene rings is 1. The smallest absolute Gasteiger partial charge is 0.327 e. The van der Waals surface area contributed by atoms with Gasteiger partial charge in [0.05, 0.1) is 20.9 Å². The van der Waals surface area contributed by atoms with E-state index in [4.69, 9.17) is 19.7 Å². The maximum absolute atomic E-state index is 11.7. The Morgan fingerprint density at radius 2 is 1.57 bits per heavy atom. The molecule has 0 saturated carbocycles. The number of aliphatic carboxylic acids is 2. The molecule has 9 heteroatoms. The molecule has 0 aliphatic heterocycles. The van der Waals surface area contributed by atoms with Crippen LogP contribution in [0.2, 0.25) is 0 Å². The van der Waals surface area contributed by atoms with Crippen molar-refractivity contribution in [3.63, 3.8) is 0 Å². The van der Waals surface area contributed by atoms with Gasteiger partial charge in [0.25, 0.3) is 0 Å². The summed E-state index contributed by atoms with van der Waals surface area (Å²) < 4.78 is 10.2. The Hall–Kier alpha value is -2.97. The number of carboxylic acid groups (broad SMARTS) is 2. The van der Waals surface area contributed by atoms with Gasteiger partial charge in [0.1, 0.15) is 11.5 Å². The first kappa shape index (κ1) is 18.1.